The summed E-state index contributed by atoms with van der Waals surface area (Å²) < 4.78 is 0. The minimum Gasteiger partial charge on any atom is -0.103 e. The van der Waals surface area contributed by atoms with Gasteiger partial charge in [-0.3, -0.25) is 0 Å². The summed E-state index contributed by atoms with van der Waals surface area (Å²) in [7, 11) is 0. The lowest BCUT2D eigenvalue weighted by molar-refractivity contribution is 0.532. The molecule has 0 N–H and O–H groups in total. The minimum atomic E-state index is 0.612. The van der Waals surface area contributed by atoms with E-state index in [0.717, 1.165) is 12.3 Å². The monoisotopic (exact) mass is 270 g/mol. The fourth-order valence-corrected chi connectivity index (χ4v) is 2.36. The summed E-state index contributed by atoms with van der Waals surface area (Å²) in [4.78, 5) is 0. The first-order chi connectivity index (χ1) is 9.63. The van der Waals surface area contributed by atoms with Gasteiger partial charge in [0, 0.05) is 0 Å². The van der Waals surface area contributed by atoms with Gasteiger partial charge < -0.3 is 0 Å². The molecule has 0 aliphatic carbocycles. The highest BCUT2D eigenvalue weighted by Gasteiger charge is 2.10. The number of rotatable bonds is 9. The van der Waals surface area contributed by atoms with Crippen molar-refractivity contribution in [3.05, 3.63) is 60.7 Å². The van der Waals surface area contributed by atoms with Crippen molar-refractivity contribution in [3.63, 3.8) is 0 Å². The van der Waals surface area contributed by atoms with E-state index in [9.17, 15) is 0 Å². The van der Waals surface area contributed by atoms with E-state index in [2.05, 4.69) is 75.9 Å². The maximum atomic E-state index is 3.89. The zero-order valence-corrected chi connectivity index (χ0v) is 13.4. The van der Waals surface area contributed by atoms with E-state index in [1.807, 2.05) is 0 Å². The Hall–Kier alpha value is -1.30. The lowest BCUT2D eigenvalue weighted by Crippen LogP contribution is -2.01. The zero-order valence-electron chi connectivity index (χ0n) is 13.4. The van der Waals surface area contributed by atoms with E-state index in [4.69, 9.17) is 0 Å². The van der Waals surface area contributed by atoms with Crippen LogP contribution in [0.3, 0.4) is 0 Å². The van der Waals surface area contributed by atoms with Crippen LogP contribution in [0, 0.1) is 11.8 Å². The Morgan fingerprint density at radius 2 is 1.60 bits per heavy atom. The normalized spacial score (nSPS) is 14.6. The molecule has 0 saturated heterocycles. The van der Waals surface area contributed by atoms with E-state index in [-0.39, 0.29) is 0 Å². The summed E-state index contributed by atoms with van der Waals surface area (Å²) in [6.45, 7) is 10.7. The Bertz CT molecular complexity index is 386. The molecule has 0 spiro atoms. The van der Waals surface area contributed by atoms with Crippen LogP contribution >= 0.6 is 0 Å². The summed E-state index contributed by atoms with van der Waals surface area (Å²) in [5.41, 5.74) is 1.47. The Labute approximate surface area is 125 Å². The van der Waals surface area contributed by atoms with Gasteiger partial charge in [0.2, 0.25) is 0 Å². The van der Waals surface area contributed by atoms with Crippen molar-refractivity contribution in [2.75, 3.05) is 0 Å². The first-order valence-corrected chi connectivity index (χ1v) is 7.96. The van der Waals surface area contributed by atoms with Crippen LogP contribution in [-0.2, 0) is 0 Å². The van der Waals surface area contributed by atoms with Gasteiger partial charge in [-0.2, -0.15) is 0 Å². The highest BCUT2D eigenvalue weighted by Crippen LogP contribution is 2.27. The van der Waals surface area contributed by atoms with Crippen molar-refractivity contribution >= 4 is 0 Å². The van der Waals surface area contributed by atoms with Crippen LogP contribution in [0.4, 0.5) is 0 Å². The first-order valence-electron chi connectivity index (χ1n) is 7.96. The molecule has 0 aliphatic rings. The molecular weight excluding hydrogens is 240 g/mol. The predicted molar refractivity (Wildman–Crippen MR) is 91.0 cm³/mol. The van der Waals surface area contributed by atoms with Gasteiger partial charge in [-0.1, -0.05) is 69.3 Å². The van der Waals surface area contributed by atoms with E-state index >= 15 is 0 Å². The molecule has 110 valence electrons. The van der Waals surface area contributed by atoms with Crippen LogP contribution in [0.2, 0.25) is 0 Å². The van der Waals surface area contributed by atoms with Gasteiger partial charge in [-0.25, -0.2) is 0 Å². The molecule has 0 aromatic heterocycles. The molecule has 0 heteroatoms. The van der Waals surface area contributed by atoms with Gasteiger partial charge in [0.05, 0.1) is 0 Å². The maximum absolute atomic E-state index is 3.89. The summed E-state index contributed by atoms with van der Waals surface area (Å²) in [5, 5.41) is 0. The molecular formula is C20H30. The first kappa shape index (κ1) is 16.8. The summed E-state index contributed by atoms with van der Waals surface area (Å²) in [6, 6.07) is 10.9. The average Bonchev–Trinajstić information content (AvgIpc) is 2.46. The molecule has 0 saturated carbocycles. The Kier molecular flexibility index (Phi) is 8.02. The molecule has 0 amide bonds. The smallest absolute Gasteiger partial charge is 0.0127 e. The molecule has 0 heterocycles. The number of hydrogen-bond donors (Lipinski definition) is 0. The molecule has 0 nitrogen and oxygen atoms in total. The molecule has 2 atom stereocenters. The highest BCUT2D eigenvalue weighted by molar-refractivity contribution is 5.20. The van der Waals surface area contributed by atoms with Crippen molar-refractivity contribution in [2.24, 2.45) is 11.8 Å². The Morgan fingerprint density at radius 1 is 0.950 bits per heavy atom. The largest absolute Gasteiger partial charge is 0.103 e. The second kappa shape index (κ2) is 9.58. The van der Waals surface area contributed by atoms with Crippen molar-refractivity contribution in [1.29, 1.82) is 0 Å². The van der Waals surface area contributed by atoms with Gasteiger partial charge in [0.25, 0.3) is 0 Å². The zero-order chi connectivity index (χ0) is 14.8. The maximum Gasteiger partial charge on any atom is -0.0127 e. The average molecular weight is 270 g/mol. The van der Waals surface area contributed by atoms with E-state index in [1.54, 1.807) is 0 Å². The molecule has 1 aromatic rings. The SMILES string of the molecule is C=CC(C)CCC(C/C=C/CC(C)C)c1ccccc1. The molecule has 0 fully saturated rings. The van der Waals surface area contributed by atoms with Crippen molar-refractivity contribution in [3.8, 4) is 0 Å². The van der Waals surface area contributed by atoms with Gasteiger partial charge in [-0.05, 0) is 49.0 Å². The van der Waals surface area contributed by atoms with Crippen LogP contribution in [-0.4, -0.2) is 0 Å². The quantitative estimate of drug-likeness (QED) is 0.458. The third-order valence-electron chi connectivity index (χ3n) is 3.84. The second-order valence-electron chi connectivity index (χ2n) is 6.23. The second-order valence-corrected chi connectivity index (χ2v) is 6.23. The molecule has 2 unspecified atom stereocenters. The van der Waals surface area contributed by atoms with Crippen molar-refractivity contribution in [2.45, 2.75) is 52.4 Å². The topological polar surface area (TPSA) is 0 Å². The van der Waals surface area contributed by atoms with E-state index in [0.29, 0.717) is 11.8 Å². The summed E-state index contributed by atoms with van der Waals surface area (Å²) in [5.74, 6) is 2.00. The van der Waals surface area contributed by atoms with Crippen LogP contribution in [0.15, 0.2) is 55.1 Å². The molecule has 1 rings (SSSR count). The standard InChI is InChI=1S/C20H30/c1-5-18(4)15-16-20(14-10-9-11-17(2)3)19-12-7-6-8-13-19/h5-10,12-13,17-18,20H,1,11,14-16H2,2-4H3/b10-9+. The van der Waals surface area contributed by atoms with Gasteiger partial charge in [-0.15, -0.1) is 6.58 Å². The predicted octanol–water partition coefficient (Wildman–Crippen LogP) is 6.36. The molecule has 0 radical (unpaired) electrons. The molecule has 1 aromatic carbocycles. The van der Waals surface area contributed by atoms with Gasteiger partial charge >= 0.3 is 0 Å². The summed E-state index contributed by atoms with van der Waals surface area (Å²) in [6.07, 6.45) is 11.6. The Morgan fingerprint density at radius 3 is 2.20 bits per heavy atom. The van der Waals surface area contributed by atoms with Gasteiger partial charge in [0.1, 0.15) is 0 Å². The molecule has 20 heavy (non-hydrogen) atoms. The number of allylic oxidation sites excluding steroid dienone is 3. The van der Waals surface area contributed by atoms with Crippen LogP contribution in [0.5, 0.6) is 0 Å². The lowest BCUT2D eigenvalue weighted by Gasteiger charge is -2.17. The third-order valence-corrected chi connectivity index (χ3v) is 3.84. The molecule has 0 bridgehead atoms. The van der Waals surface area contributed by atoms with E-state index < -0.39 is 0 Å². The van der Waals surface area contributed by atoms with Gasteiger partial charge in [0.15, 0.2) is 0 Å². The fourth-order valence-electron chi connectivity index (χ4n) is 2.36. The van der Waals surface area contributed by atoms with Crippen molar-refractivity contribution in [1.82, 2.24) is 0 Å². The van der Waals surface area contributed by atoms with E-state index in [1.165, 1.54) is 24.8 Å². The fraction of sp³-hybridized carbons (Fsp3) is 0.500. The van der Waals surface area contributed by atoms with Crippen LogP contribution < -0.4 is 0 Å². The lowest BCUT2D eigenvalue weighted by atomic mass is 9.88. The Balaban J connectivity index is 2.60. The third kappa shape index (κ3) is 6.75. The number of benzene rings is 1. The summed E-state index contributed by atoms with van der Waals surface area (Å²) >= 11 is 0. The minimum absolute atomic E-state index is 0.612. The van der Waals surface area contributed by atoms with Crippen LogP contribution in [0.1, 0.15) is 57.9 Å². The van der Waals surface area contributed by atoms with Crippen LogP contribution in [0.25, 0.3) is 0 Å². The number of hydrogen-bond acceptors (Lipinski definition) is 0. The van der Waals surface area contributed by atoms with Crippen molar-refractivity contribution < 1.29 is 0 Å². The highest BCUT2D eigenvalue weighted by atomic mass is 14.2. The molecule has 0 aliphatic heterocycles.